The molecule has 1 heterocycles. The Morgan fingerprint density at radius 3 is 2.45 bits per heavy atom. The van der Waals surface area contributed by atoms with Crippen molar-refractivity contribution in [2.45, 2.75) is 27.4 Å². The first-order chi connectivity index (χ1) is 14.0. The summed E-state index contributed by atoms with van der Waals surface area (Å²) in [5.41, 5.74) is 4.48. The summed E-state index contributed by atoms with van der Waals surface area (Å²) >= 11 is 6.05. The van der Waals surface area contributed by atoms with Crippen LogP contribution in [0.4, 0.5) is 0 Å². The molecule has 0 aliphatic rings. The van der Waals surface area contributed by atoms with Crippen LogP contribution in [0.3, 0.4) is 0 Å². The van der Waals surface area contributed by atoms with E-state index in [1.165, 1.54) is 0 Å². The molecule has 0 aliphatic heterocycles. The van der Waals surface area contributed by atoms with Gasteiger partial charge in [0.25, 0.3) is 0 Å². The molecule has 3 aromatic rings. The molecule has 0 saturated heterocycles. The first-order valence-corrected chi connectivity index (χ1v) is 9.89. The lowest BCUT2D eigenvalue weighted by atomic mass is 10.1. The highest BCUT2D eigenvalue weighted by Crippen LogP contribution is 2.32. The second-order valence-corrected chi connectivity index (χ2v) is 6.98. The van der Waals surface area contributed by atoms with Gasteiger partial charge >= 0.3 is 5.97 Å². The maximum Gasteiger partial charge on any atom is 0.339 e. The Bertz CT molecular complexity index is 1010. The third-order valence-corrected chi connectivity index (χ3v) is 4.92. The number of hydrogen-bond donors (Lipinski definition) is 1. The molecule has 6 heteroatoms. The van der Waals surface area contributed by atoms with Gasteiger partial charge in [0.2, 0.25) is 0 Å². The number of phenolic OH excluding ortho intramolecular Hbond substituents is 1. The van der Waals surface area contributed by atoms with Crippen molar-refractivity contribution in [1.29, 1.82) is 0 Å². The fourth-order valence-electron chi connectivity index (χ4n) is 3.23. The van der Waals surface area contributed by atoms with Crippen molar-refractivity contribution in [3.05, 3.63) is 70.4 Å². The number of nitrogens with zero attached hydrogens (tertiary/aromatic N) is 1. The van der Waals surface area contributed by atoms with E-state index in [1.54, 1.807) is 13.0 Å². The molecule has 1 N–H and O–H groups in total. The van der Waals surface area contributed by atoms with Gasteiger partial charge < -0.3 is 19.1 Å². The van der Waals surface area contributed by atoms with Gasteiger partial charge in [0.15, 0.2) is 0 Å². The predicted octanol–water partition coefficient (Wildman–Crippen LogP) is 5.52. The molecule has 0 fully saturated rings. The summed E-state index contributed by atoms with van der Waals surface area (Å²) in [5, 5.41) is 10.8. The lowest BCUT2D eigenvalue weighted by molar-refractivity contribution is 0.0525. The van der Waals surface area contributed by atoms with E-state index in [0.717, 1.165) is 22.6 Å². The molecule has 0 radical (unpaired) electrons. The van der Waals surface area contributed by atoms with Crippen molar-refractivity contribution < 1.29 is 19.4 Å². The summed E-state index contributed by atoms with van der Waals surface area (Å²) in [6.45, 7) is 6.72. The number of aromatic hydroxyl groups is 1. The normalized spacial score (nSPS) is 10.9. The van der Waals surface area contributed by atoms with Crippen LogP contribution >= 0.6 is 11.6 Å². The van der Waals surface area contributed by atoms with Crippen molar-refractivity contribution in [3.8, 4) is 22.7 Å². The SMILES string of the molecule is CCOCc1cc(-n2c(-c3ccc(Cl)cc3)cc(C(=O)OCC)c2C)ccc1O. The van der Waals surface area contributed by atoms with Crippen molar-refractivity contribution in [2.75, 3.05) is 13.2 Å². The minimum absolute atomic E-state index is 0.172. The molecule has 0 spiro atoms. The van der Waals surface area contributed by atoms with Crippen LogP contribution in [0, 0.1) is 6.92 Å². The molecule has 0 amide bonds. The van der Waals surface area contributed by atoms with Gasteiger partial charge in [-0.15, -0.1) is 0 Å². The second-order valence-electron chi connectivity index (χ2n) is 6.54. The highest BCUT2D eigenvalue weighted by atomic mass is 35.5. The van der Waals surface area contributed by atoms with E-state index < -0.39 is 0 Å². The molecule has 0 atom stereocenters. The number of halogens is 1. The maximum absolute atomic E-state index is 12.5. The summed E-state index contributed by atoms with van der Waals surface area (Å²) in [7, 11) is 0. The summed E-state index contributed by atoms with van der Waals surface area (Å²) in [6, 6.07) is 14.6. The van der Waals surface area contributed by atoms with Crippen molar-refractivity contribution >= 4 is 17.6 Å². The largest absolute Gasteiger partial charge is 0.508 e. The molecule has 1 aromatic heterocycles. The summed E-state index contributed by atoms with van der Waals surface area (Å²) in [5.74, 6) is -0.196. The smallest absolute Gasteiger partial charge is 0.339 e. The number of aromatic nitrogens is 1. The monoisotopic (exact) mass is 413 g/mol. The number of benzene rings is 2. The number of ether oxygens (including phenoxy) is 2. The van der Waals surface area contributed by atoms with Crippen LogP contribution in [-0.2, 0) is 16.1 Å². The number of carbonyl (C=O) groups excluding carboxylic acids is 1. The van der Waals surface area contributed by atoms with Gasteiger partial charge in [-0.1, -0.05) is 23.7 Å². The topological polar surface area (TPSA) is 60.7 Å². The third-order valence-electron chi connectivity index (χ3n) is 4.67. The Balaban J connectivity index is 2.18. The van der Waals surface area contributed by atoms with Crippen molar-refractivity contribution in [1.82, 2.24) is 4.57 Å². The van der Waals surface area contributed by atoms with Crippen LogP contribution < -0.4 is 0 Å². The molecule has 3 rings (SSSR count). The average Bonchev–Trinajstić information content (AvgIpc) is 3.05. The van der Waals surface area contributed by atoms with Crippen LogP contribution in [0.1, 0.15) is 35.5 Å². The summed E-state index contributed by atoms with van der Waals surface area (Å²) in [4.78, 5) is 12.5. The van der Waals surface area contributed by atoms with Gasteiger partial charge in [-0.2, -0.15) is 0 Å². The zero-order valence-electron chi connectivity index (χ0n) is 16.7. The van der Waals surface area contributed by atoms with Crippen LogP contribution in [0.2, 0.25) is 5.02 Å². The highest BCUT2D eigenvalue weighted by molar-refractivity contribution is 6.30. The number of phenols is 1. The van der Waals surface area contributed by atoms with Gasteiger partial charge in [0.1, 0.15) is 5.75 Å². The number of esters is 1. The van der Waals surface area contributed by atoms with Crippen molar-refractivity contribution in [2.24, 2.45) is 0 Å². The van der Waals surface area contributed by atoms with Crippen LogP contribution in [-0.4, -0.2) is 28.9 Å². The van der Waals surface area contributed by atoms with E-state index in [4.69, 9.17) is 21.1 Å². The van der Waals surface area contributed by atoms with Crippen LogP contribution in [0.15, 0.2) is 48.5 Å². The molecular formula is C23H24ClNO4. The van der Waals surface area contributed by atoms with Gasteiger partial charge in [0, 0.05) is 28.6 Å². The van der Waals surface area contributed by atoms with E-state index >= 15 is 0 Å². The molecule has 0 saturated carbocycles. The summed E-state index contributed by atoms with van der Waals surface area (Å²) < 4.78 is 12.7. The first-order valence-electron chi connectivity index (χ1n) is 9.51. The second kappa shape index (κ2) is 9.16. The lowest BCUT2D eigenvalue weighted by Gasteiger charge is -2.15. The molecule has 0 unspecified atom stereocenters. The first kappa shape index (κ1) is 21.0. The Morgan fingerprint density at radius 1 is 1.07 bits per heavy atom. The average molecular weight is 414 g/mol. The minimum Gasteiger partial charge on any atom is -0.508 e. The fourth-order valence-corrected chi connectivity index (χ4v) is 3.35. The zero-order chi connectivity index (χ0) is 21.0. The Morgan fingerprint density at radius 2 is 1.79 bits per heavy atom. The van der Waals surface area contributed by atoms with Gasteiger partial charge in [0.05, 0.1) is 24.5 Å². The molecule has 0 aliphatic carbocycles. The predicted molar refractivity (Wildman–Crippen MR) is 114 cm³/mol. The number of rotatable bonds is 7. The van der Waals surface area contributed by atoms with Crippen LogP contribution in [0.25, 0.3) is 16.9 Å². The molecule has 0 bridgehead atoms. The van der Waals surface area contributed by atoms with E-state index in [2.05, 4.69) is 0 Å². The number of carbonyl (C=O) groups is 1. The van der Waals surface area contributed by atoms with E-state index in [-0.39, 0.29) is 11.7 Å². The van der Waals surface area contributed by atoms with E-state index in [1.807, 2.05) is 60.9 Å². The lowest BCUT2D eigenvalue weighted by Crippen LogP contribution is -2.07. The molecular weight excluding hydrogens is 390 g/mol. The fraction of sp³-hybridized carbons (Fsp3) is 0.261. The highest BCUT2D eigenvalue weighted by Gasteiger charge is 2.21. The Labute approximate surface area is 175 Å². The zero-order valence-corrected chi connectivity index (χ0v) is 17.5. The number of hydrogen-bond acceptors (Lipinski definition) is 4. The Hall–Kier alpha value is -2.76. The molecule has 5 nitrogen and oxygen atoms in total. The van der Waals surface area contributed by atoms with E-state index in [0.29, 0.717) is 36.0 Å². The maximum atomic E-state index is 12.5. The van der Waals surface area contributed by atoms with Gasteiger partial charge in [-0.3, -0.25) is 0 Å². The van der Waals surface area contributed by atoms with Gasteiger partial charge in [-0.05, 0) is 62.7 Å². The molecule has 2 aromatic carbocycles. The quantitative estimate of drug-likeness (QED) is 0.517. The van der Waals surface area contributed by atoms with Crippen molar-refractivity contribution in [3.63, 3.8) is 0 Å². The molecule has 29 heavy (non-hydrogen) atoms. The molecule has 152 valence electrons. The van der Waals surface area contributed by atoms with Gasteiger partial charge in [-0.25, -0.2) is 4.79 Å². The third kappa shape index (κ3) is 4.47. The standard InChI is InChI=1S/C23H24ClNO4/c1-4-28-14-17-12-19(10-11-22(17)26)25-15(3)20(23(27)29-5-2)13-21(25)16-6-8-18(24)9-7-16/h6-13,26H,4-5,14H2,1-3H3. The van der Waals surface area contributed by atoms with Crippen LogP contribution in [0.5, 0.6) is 5.75 Å². The summed E-state index contributed by atoms with van der Waals surface area (Å²) in [6.07, 6.45) is 0. The Kier molecular flexibility index (Phi) is 6.62. The minimum atomic E-state index is -0.368. The van der Waals surface area contributed by atoms with E-state index in [9.17, 15) is 9.90 Å².